The van der Waals surface area contributed by atoms with Crippen LogP contribution in [0.3, 0.4) is 0 Å². The number of carbonyl (C=O) groups excluding carboxylic acids is 1. The number of carbonyl (C=O) groups is 1. The standard InChI is InChI=1S/C8H10F2N2O2S/c1-3-14-7(13)8(9,10)15-6-4-11-12(2)5-6/h4-5H,3H2,1-2H3. The first-order chi connectivity index (χ1) is 6.95. The Morgan fingerprint density at radius 2 is 2.40 bits per heavy atom. The van der Waals surface area contributed by atoms with Crippen LogP contribution in [0.5, 0.6) is 0 Å². The molecule has 1 heterocycles. The van der Waals surface area contributed by atoms with Crippen molar-refractivity contribution in [2.24, 2.45) is 7.05 Å². The highest BCUT2D eigenvalue weighted by Crippen LogP contribution is 2.36. The SMILES string of the molecule is CCOC(=O)C(F)(F)Sc1cnn(C)c1. The van der Waals surface area contributed by atoms with Crippen LogP contribution in [-0.4, -0.2) is 27.6 Å². The lowest BCUT2D eigenvalue weighted by Crippen LogP contribution is -2.26. The van der Waals surface area contributed by atoms with Crippen molar-refractivity contribution in [3.05, 3.63) is 12.4 Å². The molecule has 0 bridgehead atoms. The summed E-state index contributed by atoms with van der Waals surface area (Å²) in [7, 11) is 1.60. The van der Waals surface area contributed by atoms with Crippen LogP contribution in [0.25, 0.3) is 0 Å². The maximum atomic E-state index is 13.2. The first-order valence-corrected chi connectivity index (χ1v) is 5.00. The molecule has 0 aromatic carbocycles. The topological polar surface area (TPSA) is 44.1 Å². The van der Waals surface area contributed by atoms with Crippen LogP contribution in [0.4, 0.5) is 8.78 Å². The quantitative estimate of drug-likeness (QED) is 0.589. The molecule has 1 rings (SSSR count). The third kappa shape index (κ3) is 3.19. The van der Waals surface area contributed by atoms with Gasteiger partial charge in [-0.15, -0.1) is 0 Å². The smallest absolute Gasteiger partial charge is 0.393 e. The van der Waals surface area contributed by atoms with E-state index >= 15 is 0 Å². The fraction of sp³-hybridized carbons (Fsp3) is 0.500. The fourth-order valence-corrected chi connectivity index (χ4v) is 1.60. The van der Waals surface area contributed by atoms with E-state index in [4.69, 9.17) is 0 Å². The molecular formula is C8H10F2N2O2S. The Bertz CT molecular complexity index is 354. The largest absolute Gasteiger partial charge is 0.461 e. The summed E-state index contributed by atoms with van der Waals surface area (Å²) < 4.78 is 31.9. The van der Waals surface area contributed by atoms with Crippen LogP contribution >= 0.6 is 11.8 Å². The second kappa shape index (κ2) is 4.61. The third-order valence-electron chi connectivity index (χ3n) is 1.44. The van der Waals surface area contributed by atoms with Crippen molar-refractivity contribution in [3.63, 3.8) is 0 Å². The lowest BCUT2D eigenvalue weighted by molar-refractivity contribution is -0.159. The van der Waals surface area contributed by atoms with E-state index in [0.29, 0.717) is 0 Å². The Morgan fingerprint density at radius 1 is 1.73 bits per heavy atom. The molecule has 4 nitrogen and oxygen atoms in total. The van der Waals surface area contributed by atoms with Gasteiger partial charge in [-0.05, 0) is 18.7 Å². The number of thioether (sulfide) groups is 1. The van der Waals surface area contributed by atoms with Crippen LogP contribution in [0.2, 0.25) is 0 Å². The van der Waals surface area contributed by atoms with Gasteiger partial charge in [0.15, 0.2) is 0 Å². The molecular weight excluding hydrogens is 226 g/mol. The Hall–Kier alpha value is -1.11. The van der Waals surface area contributed by atoms with Crippen LogP contribution in [0, 0.1) is 0 Å². The normalized spacial score (nSPS) is 11.5. The number of aryl methyl sites for hydroxylation is 1. The van der Waals surface area contributed by atoms with Gasteiger partial charge in [0.25, 0.3) is 0 Å². The summed E-state index contributed by atoms with van der Waals surface area (Å²) in [6.07, 6.45) is 2.66. The Balaban J connectivity index is 2.67. The van der Waals surface area contributed by atoms with Gasteiger partial charge >= 0.3 is 11.2 Å². The highest BCUT2D eigenvalue weighted by Gasteiger charge is 2.42. The molecule has 0 amide bonds. The van der Waals surface area contributed by atoms with E-state index in [1.165, 1.54) is 24.0 Å². The van der Waals surface area contributed by atoms with Crippen LogP contribution in [0.15, 0.2) is 17.3 Å². The zero-order valence-corrected chi connectivity index (χ0v) is 9.05. The van der Waals surface area contributed by atoms with Crippen molar-refractivity contribution in [2.75, 3.05) is 6.61 Å². The number of nitrogens with zero attached hydrogens (tertiary/aromatic N) is 2. The predicted molar refractivity (Wildman–Crippen MR) is 50.6 cm³/mol. The van der Waals surface area contributed by atoms with Crippen molar-refractivity contribution in [3.8, 4) is 0 Å². The molecule has 84 valence electrons. The number of alkyl halides is 2. The Morgan fingerprint density at radius 3 is 2.87 bits per heavy atom. The van der Waals surface area contributed by atoms with Gasteiger partial charge in [0.05, 0.1) is 17.7 Å². The predicted octanol–water partition coefficient (Wildman–Crippen LogP) is 1.67. The number of hydrogen-bond acceptors (Lipinski definition) is 4. The number of halogens is 2. The average Bonchev–Trinajstić information content (AvgIpc) is 2.50. The molecule has 0 aliphatic carbocycles. The van der Waals surface area contributed by atoms with E-state index in [9.17, 15) is 13.6 Å². The molecule has 0 radical (unpaired) electrons. The molecule has 0 saturated carbocycles. The second-order valence-electron chi connectivity index (χ2n) is 2.69. The summed E-state index contributed by atoms with van der Waals surface area (Å²) in [4.78, 5) is 11.1. The molecule has 0 atom stereocenters. The molecule has 1 aromatic heterocycles. The van der Waals surface area contributed by atoms with Gasteiger partial charge < -0.3 is 4.74 Å². The van der Waals surface area contributed by atoms with Crippen molar-refractivity contribution >= 4 is 17.7 Å². The van der Waals surface area contributed by atoms with Gasteiger partial charge in [0.2, 0.25) is 0 Å². The van der Waals surface area contributed by atoms with Crippen molar-refractivity contribution in [1.29, 1.82) is 0 Å². The van der Waals surface area contributed by atoms with Gasteiger partial charge in [-0.25, -0.2) is 4.79 Å². The summed E-state index contributed by atoms with van der Waals surface area (Å²) in [5.74, 6) is -1.53. The fourth-order valence-electron chi connectivity index (χ4n) is 0.856. The lowest BCUT2D eigenvalue weighted by atomic mass is 10.7. The van der Waals surface area contributed by atoms with Crippen LogP contribution in [0.1, 0.15) is 6.92 Å². The van der Waals surface area contributed by atoms with E-state index in [2.05, 4.69) is 9.84 Å². The van der Waals surface area contributed by atoms with Crippen LogP contribution in [-0.2, 0) is 16.6 Å². The van der Waals surface area contributed by atoms with E-state index < -0.39 is 11.2 Å². The summed E-state index contributed by atoms with van der Waals surface area (Å²) in [6.45, 7) is 1.41. The van der Waals surface area contributed by atoms with Gasteiger partial charge in [-0.2, -0.15) is 13.9 Å². The average molecular weight is 236 g/mol. The highest BCUT2D eigenvalue weighted by molar-refractivity contribution is 8.01. The third-order valence-corrected chi connectivity index (χ3v) is 2.31. The lowest BCUT2D eigenvalue weighted by Gasteiger charge is -2.12. The minimum absolute atomic E-state index is 0.0674. The minimum Gasteiger partial charge on any atom is -0.461 e. The molecule has 15 heavy (non-hydrogen) atoms. The van der Waals surface area contributed by atoms with Crippen molar-refractivity contribution < 1.29 is 18.3 Å². The number of aromatic nitrogens is 2. The summed E-state index contributed by atoms with van der Waals surface area (Å²) in [5.41, 5.74) is 0. The maximum absolute atomic E-state index is 13.2. The van der Waals surface area contributed by atoms with E-state index in [0.717, 1.165) is 0 Å². The molecule has 7 heteroatoms. The van der Waals surface area contributed by atoms with Gasteiger partial charge in [0, 0.05) is 13.2 Å². The molecule has 0 aliphatic heterocycles. The van der Waals surface area contributed by atoms with E-state index in [1.54, 1.807) is 7.05 Å². The van der Waals surface area contributed by atoms with E-state index in [1.807, 2.05) is 0 Å². The zero-order chi connectivity index (χ0) is 11.5. The second-order valence-corrected chi connectivity index (χ2v) is 3.88. The van der Waals surface area contributed by atoms with Gasteiger partial charge in [-0.1, -0.05) is 0 Å². The summed E-state index contributed by atoms with van der Waals surface area (Å²) >= 11 is 0.124. The molecule has 1 aromatic rings. The first kappa shape index (κ1) is 12.0. The molecule has 0 fully saturated rings. The zero-order valence-electron chi connectivity index (χ0n) is 8.24. The van der Waals surface area contributed by atoms with Gasteiger partial charge in [-0.3, -0.25) is 4.68 Å². The Kier molecular flexibility index (Phi) is 3.67. The molecule has 0 saturated heterocycles. The molecule has 0 N–H and O–H groups in total. The van der Waals surface area contributed by atoms with E-state index in [-0.39, 0.29) is 23.3 Å². The molecule has 0 aliphatic rings. The highest BCUT2D eigenvalue weighted by atomic mass is 32.2. The van der Waals surface area contributed by atoms with Gasteiger partial charge in [0.1, 0.15) is 0 Å². The number of hydrogen-bond donors (Lipinski definition) is 0. The summed E-state index contributed by atoms with van der Waals surface area (Å²) in [6, 6.07) is 0. The van der Waals surface area contributed by atoms with Crippen LogP contribution < -0.4 is 0 Å². The monoisotopic (exact) mass is 236 g/mol. The first-order valence-electron chi connectivity index (χ1n) is 4.18. The van der Waals surface area contributed by atoms with Crippen molar-refractivity contribution in [2.45, 2.75) is 17.1 Å². The maximum Gasteiger partial charge on any atom is 0.393 e. The number of esters is 1. The molecule has 0 spiro atoms. The number of rotatable bonds is 4. The van der Waals surface area contributed by atoms with Crippen molar-refractivity contribution in [1.82, 2.24) is 9.78 Å². The molecule has 0 unspecified atom stereocenters. The Labute approximate surface area is 89.6 Å². The minimum atomic E-state index is -3.57. The summed E-state index contributed by atoms with van der Waals surface area (Å²) in [5, 5.41) is 0.146. The number of ether oxygens (including phenoxy) is 1.